The van der Waals surface area contributed by atoms with Crippen LogP contribution in [0.2, 0.25) is 0 Å². The standard InChI is InChI=1S/C13H16N2O4/c14-13(3-4-17-7-13)12(16)15-6-9-1-2-10-11(5-9)19-8-18-10/h1-2,5H,3-4,6-8,14H2,(H,15,16). The third-order valence-corrected chi connectivity index (χ3v) is 3.39. The molecule has 19 heavy (non-hydrogen) atoms. The minimum absolute atomic E-state index is 0.178. The number of nitrogens with one attached hydrogen (secondary N) is 1. The lowest BCUT2D eigenvalue weighted by molar-refractivity contribution is -0.126. The van der Waals surface area contributed by atoms with E-state index in [2.05, 4.69) is 5.32 Å². The van der Waals surface area contributed by atoms with Gasteiger partial charge in [-0.05, 0) is 24.1 Å². The van der Waals surface area contributed by atoms with Crippen molar-refractivity contribution in [2.45, 2.75) is 18.5 Å². The van der Waals surface area contributed by atoms with Crippen LogP contribution in [-0.2, 0) is 16.1 Å². The summed E-state index contributed by atoms with van der Waals surface area (Å²) in [5.74, 6) is 1.26. The van der Waals surface area contributed by atoms with Gasteiger partial charge in [-0.2, -0.15) is 0 Å². The molecule has 0 radical (unpaired) electrons. The molecule has 1 aromatic carbocycles. The molecule has 0 bridgehead atoms. The molecule has 6 nitrogen and oxygen atoms in total. The van der Waals surface area contributed by atoms with Crippen molar-refractivity contribution in [2.24, 2.45) is 5.73 Å². The number of benzene rings is 1. The van der Waals surface area contributed by atoms with Gasteiger partial charge in [-0.1, -0.05) is 6.07 Å². The molecular formula is C13H16N2O4. The van der Waals surface area contributed by atoms with E-state index in [1.165, 1.54) is 0 Å². The number of ether oxygens (including phenoxy) is 3. The summed E-state index contributed by atoms with van der Waals surface area (Å²) in [4.78, 5) is 12.0. The first-order valence-corrected chi connectivity index (χ1v) is 6.21. The molecule has 0 spiro atoms. The Balaban J connectivity index is 1.61. The van der Waals surface area contributed by atoms with Crippen LogP contribution in [0.1, 0.15) is 12.0 Å². The molecule has 3 rings (SSSR count). The predicted molar refractivity (Wildman–Crippen MR) is 66.8 cm³/mol. The van der Waals surface area contributed by atoms with Crippen LogP contribution in [0, 0.1) is 0 Å². The Morgan fingerprint density at radius 3 is 3.00 bits per heavy atom. The Bertz CT molecular complexity index is 497. The van der Waals surface area contributed by atoms with E-state index in [1.807, 2.05) is 18.2 Å². The topological polar surface area (TPSA) is 82.8 Å². The maximum absolute atomic E-state index is 12.0. The van der Waals surface area contributed by atoms with E-state index in [0.717, 1.165) is 11.3 Å². The normalized spacial score (nSPS) is 24.5. The molecule has 0 aliphatic carbocycles. The van der Waals surface area contributed by atoms with Crippen LogP contribution in [0.15, 0.2) is 18.2 Å². The molecule has 6 heteroatoms. The van der Waals surface area contributed by atoms with Crippen LogP contribution >= 0.6 is 0 Å². The Morgan fingerprint density at radius 1 is 1.37 bits per heavy atom. The van der Waals surface area contributed by atoms with Crippen molar-refractivity contribution in [2.75, 3.05) is 20.0 Å². The third-order valence-electron chi connectivity index (χ3n) is 3.39. The highest BCUT2D eigenvalue weighted by molar-refractivity contribution is 5.86. The summed E-state index contributed by atoms with van der Waals surface area (Å²) in [6.07, 6.45) is 0.556. The number of hydrogen-bond acceptors (Lipinski definition) is 5. The molecule has 1 saturated heterocycles. The molecule has 1 unspecified atom stereocenters. The summed E-state index contributed by atoms with van der Waals surface area (Å²) in [5, 5.41) is 2.83. The number of amides is 1. The summed E-state index contributed by atoms with van der Waals surface area (Å²) in [5.41, 5.74) is 6.03. The summed E-state index contributed by atoms with van der Waals surface area (Å²) in [6.45, 7) is 1.47. The van der Waals surface area contributed by atoms with Crippen molar-refractivity contribution in [3.63, 3.8) is 0 Å². The van der Waals surface area contributed by atoms with E-state index in [0.29, 0.717) is 25.3 Å². The zero-order chi connectivity index (χ0) is 13.3. The number of nitrogens with two attached hydrogens (primary N) is 1. The van der Waals surface area contributed by atoms with Crippen LogP contribution in [0.3, 0.4) is 0 Å². The lowest BCUT2D eigenvalue weighted by Crippen LogP contribution is -2.54. The van der Waals surface area contributed by atoms with Gasteiger partial charge in [0.2, 0.25) is 12.7 Å². The molecule has 1 fully saturated rings. The van der Waals surface area contributed by atoms with E-state index in [9.17, 15) is 4.79 Å². The van der Waals surface area contributed by atoms with Crippen molar-refractivity contribution < 1.29 is 19.0 Å². The first-order valence-electron chi connectivity index (χ1n) is 6.21. The molecule has 1 amide bonds. The van der Waals surface area contributed by atoms with Crippen molar-refractivity contribution in [1.82, 2.24) is 5.32 Å². The first-order chi connectivity index (χ1) is 9.17. The Morgan fingerprint density at radius 2 is 2.21 bits per heavy atom. The van der Waals surface area contributed by atoms with Gasteiger partial charge in [-0.15, -0.1) is 0 Å². The van der Waals surface area contributed by atoms with Crippen LogP contribution in [0.25, 0.3) is 0 Å². The van der Waals surface area contributed by atoms with Crippen LogP contribution in [-0.4, -0.2) is 31.5 Å². The van der Waals surface area contributed by atoms with E-state index < -0.39 is 5.54 Å². The molecular weight excluding hydrogens is 248 g/mol. The average molecular weight is 264 g/mol. The molecule has 0 saturated carbocycles. The van der Waals surface area contributed by atoms with Gasteiger partial charge in [0.05, 0.1) is 6.61 Å². The van der Waals surface area contributed by atoms with Gasteiger partial charge in [0, 0.05) is 13.2 Å². The van der Waals surface area contributed by atoms with Gasteiger partial charge in [0.25, 0.3) is 0 Å². The van der Waals surface area contributed by atoms with E-state index in [4.69, 9.17) is 19.9 Å². The van der Waals surface area contributed by atoms with Crippen LogP contribution in [0.4, 0.5) is 0 Å². The van der Waals surface area contributed by atoms with E-state index >= 15 is 0 Å². The number of carbonyl (C=O) groups excluding carboxylic acids is 1. The fourth-order valence-electron chi connectivity index (χ4n) is 2.17. The summed E-state index contributed by atoms with van der Waals surface area (Å²) in [6, 6.07) is 5.58. The van der Waals surface area contributed by atoms with Gasteiger partial charge in [0.15, 0.2) is 11.5 Å². The largest absolute Gasteiger partial charge is 0.454 e. The van der Waals surface area contributed by atoms with E-state index in [-0.39, 0.29) is 19.3 Å². The highest BCUT2D eigenvalue weighted by Crippen LogP contribution is 2.32. The smallest absolute Gasteiger partial charge is 0.242 e. The Kier molecular flexibility index (Phi) is 3.04. The highest BCUT2D eigenvalue weighted by Gasteiger charge is 2.37. The Hall–Kier alpha value is -1.79. The van der Waals surface area contributed by atoms with Crippen molar-refractivity contribution in [3.8, 4) is 11.5 Å². The number of fused-ring (bicyclic) bond motifs is 1. The van der Waals surface area contributed by atoms with Gasteiger partial charge >= 0.3 is 0 Å². The fraction of sp³-hybridized carbons (Fsp3) is 0.462. The third kappa shape index (κ3) is 2.36. The fourth-order valence-corrected chi connectivity index (χ4v) is 2.17. The van der Waals surface area contributed by atoms with Gasteiger partial charge in [0.1, 0.15) is 5.54 Å². The Labute approximate surface area is 110 Å². The maximum Gasteiger partial charge on any atom is 0.242 e. The maximum atomic E-state index is 12.0. The molecule has 0 aromatic heterocycles. The lowest BCUT2D eigenvalue weighted by Gasteiger charge is -2.20. The summed E-state index contributed by atoms with van der Waals surface area (Å²) < 4.78 is 15.7. The zero-order valence-electron chi connectivity index (χ0n) is 10.5. The van der Waals surface area contributed by atoms with Gasteiger partial charge in [-0.3, -0.25) is 4.79 Å². The molecule has 102 valence electrons. The van der Waals surface area contributed by atoms with E-state index in [1.54, 1.807) is 0 Å². The second-order valence-electron chi connectivity index (χ2n) is 4.83. The molecule has 1 aromatic rings. The molecule has 1 atom stereocenters. The van der Waals surface area contributed by atoms with Gasteiger partial charge < -0.3 is 25.3 Å². The average Bonchev–Trinajstić information content (AvgIpc) is 3.04. The van der Waals surface area contributed by atoms with Crippen molar-refractivity contribution >= 4 is 5.91 Å². The van der Waals surface area contributed by atoms with Crippen LogP contribution in [0.5, 0.6) is 11.5 Å². The highest BCUT2D eigenvalue weighted by atomic mass is 16.7. The minimum atomic E-state index is -0.893. The van der Waals surface area contributed by atoms with Crippen LogP contribution < -0.4 is 20.5 Å². The number of rotatable bonds is 3. The van der Waals surface area contributed by atoms with Gasteiger partial charge in [-0.25, -0.2) is 0 Å². The molecule has 2 aliphatic rings. The summed E-state index contributed by atoms with van der Waals surface area (Å²) in [7, 11) is 0. The van der Waals surface area contributed by atoms with Crippen molar-refractivity contribution in [3.05, 3.63) is 23.8 Å². The SMILES string of the molecule is NC1(C(=O)NCc2ccc3c(c2)OCO3)CCOC1. The first kappa shape index (κ1) is 12.3. The second kappa shape index (κ2) is 4.71. The zero-order valence-corrected chi connectivity index (χ0v) is 10.5. The molecule has 2 heterocycles. The monoisotopic (exact) mass is 264 g/mol. The van der Waals surface area contributed by atoms with Crippen molar-refractivity contribution in [1.29, 1.82) is 0 Å². The number of hydrogen-bond donors (Lipinski definition) is 2. The minimum Gasteiger partial charge on any atom is -0.454 e. The number of carbonyl (C=O) groups is 1. The quantitative estimate of drug-likeness (QED) is 0.812. The predicted octanol–water partition coefficient (Wildman–Crippen LogP) is 0.149. The molecule has 2 aliphatic heterocycles. The summed E-state index contributed by atoms with van der Waals surface area (Å²) >= 11 is 0. The second-order valence-corrected chi connectivity index (χ2v) is 4.83. The lowest BCUT2D eigenvalue weighted by atomic mass is 9.99. The molecule has 3 N–H and O–H groups in total.